The molecule has 1 aliphatic rings. The first-order valence-electron chi connectivity index (χ1n) is 5.92. The molecule has 2 heterocycles. The zero-order valence-corrected chi connectivity index (χ0v) is 13.0. The molecule has 0 atom stereocenters. The summed E-state index contributed by atoms with van der Waals surface area (Å²) in [5, 5.41) is 3.32. The molecule has 1 aromatic rings. The minimum absolute atomic E-state index is 0. The highest BCUT2D eigenvalue weighted by molar-refractivity contribution is 9.10. The second-order valence-electron chi connectivity index (χ2n) is 4.36. The molecule has 5 nitrogen and oxygen atoms in total. The smallest absolute Gasteiger partial charge is 0.227 e. The fourth-order valence-corrected chi connectivity index (χ4v) is 1.94. The molecule has 1 saturated heterocycles. The summed E-state index contributed by atoms with van der Waals surface area (Å²) in [7, 11) is 0. The highest BCUT2D eigenvalue weighted by Gasteiger charge is 2.15. The van der Waals surface area contributed by atoms with Crippen LogP contribution in [0, 0.1) is 0 Å². The van der Waals surface area contributed by atoms with Crippen molar-refractivity contribution in [2.45, 2.75) is 19.9 Å². The lowest BCUT2D eigenvalue weighted by Gasteiger charge is -2.28. The van der Waals surface area contributed by atoms with Crippen molar-refractivity contribution >= 4 is 40.3 Å². The van der Waals surface area contributed by atoms with Gasteiger partial charge in [-0.25, -0.2) is 4.98 Å². The number of nitrogens with one attached hydrogen (secondary N) is 1. The van der Waals surface area contributed by atoms with Crippen LogP contribution in [0.25, 0.3) is 0 Å². The van der Waals surface area contributed by atoms with Gasteiger partial charge >= 0.3 is 0 Å². The summed E-state index contributed by atoms with van der Waals surface area (Å²) in [6.07, 6.45) is 1.82. The quantitative estimate of drug-likeness (QED) is 0.853. The van der Waals surface area contributed by atoms with Gasteiger partial charge in [-0.15, -0.1) is 12.4 Å². The topological polar surface area (TPSA) is 44.3 Å². The fourth-order valence-electron chi connectivity index (χ4n) is 1.74. The van der Waals surface area contributed by atoms with E-state index in [1.54, 1.807) is 0 Å². The van der Waals surface area contributed by atoms with Gasteiger partial charge in [0, 0.05) is 44.5 Å². The van der Waals surface area contributed by atoms with E-state index in [2.05, 4.69) is 50.2 Å². The number of aromatic nitrogens is 2. The van der Waals surface area contributed by atoms with E-state index in [1.165, 1.54) is 0 Å². The molecule has 2 rings (SSSR count). The molecule has 0 bridgehead atoms. The minimum atomic E-state index is 0. The van der Waals surface area contributed by atoms with Crippen molar-refractivity contribution in [2.24, 2.45) is 0 Å². The van der Waals surface area contributed by atoms with Crippen LogP contribution in [0.3, 0.4) is 0 Å². The minimum Gasteiger partial charge on any atom is -0.338 e. The number of halogens is 2. The summed E-state index contributed by atoms with van der Waals surface area (Å²) in [5.74, 6) is 1.72. The molecule has 1 aromatic heterocycles. The van der Waals surface area contributed by atoms with Gasteiger partial charge in [0.2, 0.25) is 5.95 Å². The van der Waals surface area contributed by atoms with Crippen molar-refractivity contribution in [1.29, 1.82) is 0 Å². The SMILES string of the molecule is CC(C)N(Br)c1ccnc(N2CCNCC2)n1.Cl. The maximum Gasteiger partial charge on any atom is 0.227 e. The van der Waals surface area contributed by atoms with Crippen LogP contribution >= 0.6 is 28.6 Å². The Kier molecular flexibility index (Phi) is 6.11. The summed E-state index contributed by atoms with van der Waals surface area (Å²) in [6, 6.07) is 2.28. The lowest BCUT2D eigenvalue weighted by atomic mass is 10.4. The van der Waals surface area contributed by atoms with Crippen molar-refractivity contribution in [3.8, 4) is 0 Å². The Morgan fingerprint density at radius 1 is 1.39 bits per heavy atom. The summed E-state index contributed by atoms with van der Waals surface area (Å²) in [4.78, 5) is 11.1. The third-order valence-corrected chi connectivity index (χ3v) is 3.88. The summed E-state index contributed by atoms with van der Waals surface area (Å²) in [5.41, 5.74) is 0. The van der Waals surface area contributed by atoms with Crippen LogP contribution < -0.4 is 14.1 Å². The van der Waals surface area contributed by atoms with Gasteiger partial charge in [-0.05, 0) is 13.8 Å². The van der Waals surface area contributed by atoms with E-state index in [0.29, 0.717) is 6.04 Å². The van der Waals surface area contributed by atoms with E-state index in [4.69, 9.17) is 0 Å². The Morgan fingerprint density at radius 3 is 2.67 bits per heavy atom. The maximum absolute atomic E-state index is 4.58. The number of hydrogen-bond acceptors (Lipinski definition) is 5. The number of piperazine rings is 1. The van der Waals surface area contributed by atoms with Gasteiger partial charge < -0.3 is 10.2 Å². The molecule has 0 spiro atoms. The first-order chi connectivity index (χ1) is 8.18. The first kappa shape index (κ1) is 15.5. The van der Waals surface area contributed by atoms with Crippen molar-refractivity contribution in [2.75, 3.05) is 35.0 Å². The molecule has 0 saturated carbocycles. The van der Waals surface area contributed by atoms with Crippen LogP contribution in [0.1, 0.15) is 13.8 Å². The highest BCUT2D eigenvalue weighted by Crippen LogP contribution is 2.20. The molecule has 1 fully saturated rings. The van der Waals surface area contributed by atoms with Crippen LogP contribution in [0.4, 0.5) is 11.8 Å². The number of rotatable bonds is 3. The van der Waals surface area contributed by atoms with Crippen molar-refractivity contribution in [3.63, 3.8) is 0 Å². The zero-order valence-electron chi connectivity index (χ0n) is 10.6. The molecule has 0 amide bonds. The Bertz CT molecular complexity index is 370. The fraction of sp³-hybridized carbons (Fsp3) is 0.636. The van der Waals surface area contributed by atoms with Crippen LogP contribution in [0.15, 0.2) is 12.3 Å². The second-order valence-corrected chi connectivity index (χ2v) is 5.12. The molecule has 0 aliphatic carbocycles. The van der Waals surface area contributed by atoms with Crippen molar-refractivity contribution < 1.29 is 0 Å². The van der Waals surface area contributed by atoms with E-state index < -0.39 is 0 Å². The van der Waals surface area contributed by atoms with Gasteiger partial charge in [0.1, 0.15) is 5.82 Å². The summed E-state index contributed by atoms with van der Waals surface area (Å²) >= 11 is 3.52. The highest BCUT2D eigenvalue weighted by atomic mass is 79.9. The Morgan fingerprint density at radius 2 is 2.06 bits per heavy atom. The van der Waals surface area contributed by atoms with Crippen LogP contribution in [0.2, 0.25) is 0 Å². The second kappa shape index (κ2) is 7.11. The van der Waals surface area contributed by atoms with Crippen LogP contribution in [0.5, 0.6) is 0 Å². The zero-order chi connectivity index (χ0) is 12.3. The van der Waals surface area contributed by atoms with E-state index in [-0.39, 0.29) is 12.4 Å². The van der Waals surface area contributed by atoms with E-state index in [9.17, 15) is 0 Å². The molecule has 1 aliphatic heterocycles. The van der Waals surface area contributed by atoms with Crippen molar-refractivity contribution in [3.05, 3.63) is 12.3 Å². The third-order valence-electron chi connectivity index (χ3n) is 2.70. The molecular formula is C11H19BrClN5. The molecule has 7 heteroatoms. The third kappa shape index (κ3) is 3.70. The van der Waals surface area contributed by atoms with Crippen LogP contribution in [-0.2, 0) is 0 Å². The number of anilines is 2. The van der Waals surface area contributed by atoms with Gasteiger partial charge in [-0.3, -0.25) is 3.93 Å². The van der Waals surface area contributed by atoms with Gasteiger partial charge in [0.15, 0.2) is 0 Å². The average molecular weight is 337 g/mol. The van der Waals surface area contributed by atoms with Gasteiger partial charge in [-0.2, -0.15) is 4.98 Å². The molecular weight excluding hydrogens is 318 g/mol. The largest absolute Gasteiger partial charge is 0.338 e. The number of nitrogens with zero attached hydrogens (tertiary/aromatic N) is 4. The lowest BCUT2D eigenvalue weighted by Crippen LogP contribution is -2.44. The Labute approximate surface area is 123 Å². The molecule has 0 unspecified atom stereocenters. The molecule has 0 aromatic carbocycles. The maximum atomic E-state index is 4.58. The molecule has 0 radical (unpaired) electrons. The molecule has 102 valence electrons. The van der Waals surface area contributed by atoms with E-state index in [0.717, 1.165) is 37.9 Å². The average Bonchev–Trinajstić information content (AvgIpc) is 2.39. The van der Waals surface area contributed by atoms with E-state index >= 15 is 0 Å². The normalized spacial score (nSPS) is 15.4. The van der Waals surface area contributed by atoms with E-state index in [1.807, 2.05) is 16.2 Å². The lowest BCUT2D eigenvalue weighted by molar-refractivity contribution is 0.579. The predicted octanol–water partition coefficient (Wildman–Crippen LogP) is 1.83. The Hall–Kier alpha value is -0.590. The van der Waals surface area contributed by atoms with Gasteiger partial charge in [-0.1, -0.05) is 0 Å². The Balaban J connectivity index is 0.00000162. The summed E-state index contributed by atoms with van der Waals surface area (Å²) in [6.45, 7) is 8.15. The molecule has 18 heavy (non-hydrogen) atoms. The van der Waals surface area contributed by atoms with Crippen molar-refractivity contribution in [1.82, 2.24) is 15.3 Å². The molecule has 1 N–H and O–H groups in total. The van der Waals surface area contributed by atoms with Gasteiger partial charge in [0.05, 0.1) is 16.1 Å². The number of hydrogen-bond donors (Lipinski definition) is 1. The predicted molar refractivity (Wildman–Crippen MR) is 80.9 cm³/mol. The monoisotopic (exact) mass is 335 g/mol. The standard InChI is InChI=1S/C11H18BrN5.ClH/c1-9(2)17(12)10-3-4-14-11(15-10)16-7-5-13-6-8-16;/h3-4,9,13H,5-8H2,1-2H3;1H. The first-order valence-corrected chi connectivity index (χ1v) is 6.63. The summed E-state index contributed by atoms with van der Waals surface area (Å²) < 4.78 is 1.97. The van der Waals surface area contributed by atoms with Crippen LogP contribution in [-0.4, -0.2) is 42.2 Å². The van der Waals surface area contributed by atoms with Gasteiger partial charge in [0.25, 0.3) is 0 Å².